The summed E-state index contributed by atoms with van der Waals surface area (Å²) in [6, 6.07) is 20.2. The van der Waals surface area contributed by atoms with Crippen molar-refractivity contribution in [1.82, 2.24) is 0 Å². The zero-order chi connectivity index (χ0) is 28.4. The van der Waals surface area contributed by atoms with Crippen molar-refractivity contribution in [3.8, 4) is 11.5 Å². The molecule has 0 bridgehead atoms. The molecule has 0 saturated heterocycles. The maximum Gasteiger partial charge on any atom is 0.163 e. The summed E-state index contributed by atoms with van der Waals surface area (Å²) in [7, 11) is 0. The Morgan fingerprint density at radius 1 is 0.725 bits per heavy atom. The minimum atomic E-state index is 0.215. The van der Waals surface area contributed by atoms with Crippen molar-refractivity contribution in [2.45, 2.75) is 117 Å². The normalized spacial score (nSPS) is 12.0. The lowest BCUT2D eigenvalue weighted by atomic mass is 9.97. The second kappa shape index (κ2) is 18.5. The molecule has 3 rings (SSSR count). The first-order valence-corrected chi connectivity index (χ1v) is 16.0. The van der Waals surface area contributed by atoms with Crippen LogP contribution in [0.2, 0.25) is 0 Å². The molecule has 0 heterocycles. The molecular formula is C37H52O3. The number of hydrogen-bond donors (Lipinski definition) is 0. The van der Waals surface area contributed by atoms with Crippen LogP contribution in [0.1, 0.15) is 127 Å². The first-order valence-electron chi connectivity index (χ1n) is 16.0. The van der Waals surface area contributed by atoms with Gasteiger partial charge in [0.2, 0.25) is 0 Å². The Balaban J connectivity index is 1.36. The maximum absolute atomic E-state index is 12.4. The van der Waals surface area contributed by atoms with Crippen molar-refractivity contribution >= 4 is 16.6 Å². The van der Waals surface area contributed by atoms with Crippen LogP contribution in [0.5, 0.6) is 11.5 Å². The van der Waals surface area contributed by atoms with E-state index >= 15 is 0 Å². The topological polar surface area (TPSA) is 35.5 Å². The van der Waals surface area contributed by atoms with Crippen LogP contribution < -0.4 is 9.47 Å². The Morgan fingerprint density at radius 2 is 1.38 bits per heavy atom. The fourth-order valence-corrected chi connectivity index (χ4v) is 5.11. The van der Waals surface area contributed by atoms with Crippen LogP contribution >= 0.6 is 0 Å². The van der Waals surface area contributed by atoms with Crippen molar-refractivity contribution in [2.24, 2.45) is 5.92 Å². The summed E-state index contributed by atoms with van der Waals surface area (Å²) in [5.41, 5.74) is 1.84. The molecule has 3 aromatic rings. The molecule has 3 heteroatoms. The predicted molar refractivity (Wildman–Crippen MR) is 170 cm³/mol. The minimum Gasteiger partial charge on any atom is -0.494 e. The Kier molecular flexibility index (Phi) is 14.7. The van der Waals surface area contributed by atoms with Gasteiger partial charge in [-0.15, -0.1) is 0 Å². The molecule has 3 aromatic carbocycles. The first kappa shape index (κ1) is 31.7. The molecule has 3 nitrogen and oxygen atoms in total. The number of Topliss-reactive ketones (excluding diaryl/α,β-unsaturated/α-hetero) is 1. The van der Waals surface area contributed by atoms with Crippen LogP contribution in [0, 0.1) is 5.92 Å². The number of carbonyl (C=O) groups excluding carboxylic acids is 1. The third kappa shape index (κ3) is 11.4. The molecule has 0 N–H and O–H groups in total. The summed E-state index contributed by atoms with van der Waals surface area (Å²) in [5.74, 6) is 2.42. The van der Waals surface area contributed by atoms with Gasteiger partial charge in [-0.3, -0.25) is 4.79 Å². The van der Waals surface area contributed by atoms with Gasteiger partial charge in [0.1, 0.15) is 18.1 Å². The summed E-state index contributed by atoms with van der Waals surface area (Å²) in [6.07, 6.45) is 17.8. The summed E-state index contributed by atoms with van der Waals surface area (Å²) in [4.78, 5) is 12.4. The number of rotatable bonds is 21. The molecule has 0 radical (unpaired) electrons. The number of benzene rings is 3. The average Bonchev–Trinajstić information content (AvgIpc) is 2.98. The summed E-state index contributed by atoms with van der Waals surface area (Å²) in [5, 5.41) is 2.20. The molecule has 0 saturated carbocycles. The van der Waals surface area contributed by atoms with Gasteiger partial charge in [-0.25, -0.2) is 0 Å². The smallest absolute Gasteiger partial charge is 0.163 e. The third-order valence-electron chi connectivity index (χ3n) is 7.98. The van der Waals surface area contributed by atoms with Crippen molar-refractivity contribution in [3.05, 3.63) is 71.8 Å². The van der Waals surface area contributed by atoms with Crippen molar-refractivity contribution in [2.75, 3.05) is 6.61 Å². The summed E-state index contributed by atoms with van der Waals surface area (Å²) < 4.78 is 12.3. The minimum absolute atomic E-state index is 0.215. The van der Waals surface area contributed by atoms with E-state index in [4.69, 9.17) is 9.47 Å². The van der Waals surface area contributed by atoms with Gasteiger partial charge in [0.25, 0.3) is 0 Å². The largest absolute Gasteiger partial charge is 0.494 e. The van der Waals surface area contributed by atoms with Crippen LogP contribution in [0.15, 0.2) is 60.7 Å². The lowest BCUT2D eigenvalue weighted by molar-refractivity contribution is 0.0963. The second-order valence-corrected chi connectivity index (χ2v) is 11.5. The highest BCUT2D eigenvalue weighted by molar-refractivity contribution is 5.96. The Bertz CT molecular complexity index is 1120. The maximum atomic E-state index is 12.4. The lowest BCUT2D eigenvalue weighted by Crippen LogP contribution is -2.05. The Morgan fingerprint density at radius 3 is 2.02 bits per heavy atom. The number of hydrogen-bond acceptors (Lipinski definition) is 3. The van der Waals surface area contributed by atoms with E-state index in [9.17, 15) is 4.79 Å². The predicted octanol–water partition coefficient (Wildman–Crippen LogP) is 11.1. The van der Waals surface area contributed by atoms with Crippen molar-refractivity contribution in [3.63, 3.8) is 0 Å². The van der Waals surface area contributed by atoms with Gasteiger partial charge in [0.05, 0.1) is 6.61 Å². The van der Waals surface area contributed by atoms with Gasteiger partial charge >= 0.3 is 0 Å². The summed E-state index contributed by atoms with van der Waals surface area (Å²) in [6.45, 7) is 7.77. The van der Waals surface area contributed by atoms with E-state index in [2.05, 4.69) is 39.0 Å². The number of ether oxygens (including phenoxy) is 2. The molecule has 0 aliphatic heterocycles. The Hall–Kier alpha value is -2.81. The van der Waals surface area contributed by atoms with Crippen molar-refractivity contribution < 1.29 is 14.3 Å². The van der Waals surface area contributed by atoms with Gasteiger partial charge in [-0.05, 0) is 47.6 Å². The number of fused-ring (bicyclic) bond motifs is 1. The van der Waals surface area contributed by atoms with Crippen LogP contribution in [0.25, 0.3) is 10.8 Å². The van der Waals surface area contributed by atoms with Gasteiger partial charge < -0.3 is 9.47 Å². The van der Waals surface area contributed by atoms with Gasteiger partial charge in [-0.2, -0.15) is 0 Å². The fourth-order valence-electron chi connectivity index (χ4n) is 5.11. The van der Waals surface area contributed by atoms with Gasteiger partial charge in [0, 0.05) is 17.4 Å². The highest BCUT2D eigenvalue weighted by Gasteiger charge is 2.10. The molecule has 0 aliphatic carbocycles. The van der Waals surface area contributed by atoms with E-state index < -0.39 is 0 Å². The number of ketones is 1. The zero-order valence-corrected chi connectivity index (χ0v) is 25.4. The molecule has 0 unspecified atom stereocenters. The van der Waals surface area contributed by atoms with Crippen molar-refractivity contribution in [1.29, 1.82) is 0 Å². The molecule has 0 amide bonds. The monoisotopic (exact) mass is 544 g/mol. The molecule has 0 aliphatic rings. The van der Waals surface area contributed by atoms with Crippen LogP contribution in [0.4, 0.5) is 0 Å². The van der Waals surface area contributed by atoms with E-state index in [1.807, 2.05) is 42.5 Å². The van der Waals surface area contributed by atoms with E-state index in [-0.39, 0.29) is 5.78 Å². The van der Waals surface area contributed by atoms with Crippen LogP contribution in [0.3, 0.4) is 0 Å². The first-order chi connectivity index (χ1) is 19.6. The highest BCUT2D eigenvalue weighted by Crippen LogP contribution is 2.29. The molecule has 1 atom stereocenters. The van der Waals surface area contributed by atoms with E-state index in [0.29, 0.717) is 18.9 Å². The number of unbranched alkanes of at least 4 members (excludes halogenated alkanes) is 11. The summed E-state index contributed by atoms with van der Waals surface area (Å²) >= 11 is 0. The molecule has 0 aromatic heterocycles. The SMILES string of the molecule is CCCCCCCCCCCCCCOc1ccc2c(OCc3ccc(C(=O)C[C@H](C)CC)cc3)cccc2c1. The molecule has 218 valence electrons. The lowest BCUT2D eigenvalue weighted by Gasteiger charge is -2.12. The molecule has 0 fully saturated rings. The zero-order valence-electron chi connectivity index (χ0n) is 25.4. The third-order valence-corrected chi connectivity index (χ3v) is 7.98. The van der Waals surface area contributed by atoms with E-state index in [0.717, 1.165) is 52.8 Å². The molecular weight excluding hydrogens is 492 g/mol. The number of carbonyl (C=O) groups is 1. The average molecular weight is 545 g/mol. The van der Waals surface area contributed by atoms with Crippen LogP contribution in [-0.2, 0) is 6.61 Å². The fraction of sp³-hybridized carbons (Fsp3) is 0.541. The molecule has 0 spiro atoms. The highest BCUT2D eigenvalue weighted by atomic mass is 16.5. The van der Waals surface area contributed by atoms with E-state index in [1.54, 1.807) is 0 Å². The van der Waals surface area contributed by atoms with Gasteiger partial charge in [-0.1, -0.05) is 134 Å². The van der Waals surface area contributed by atoms with Crippen LogP contribution in [-0.4, -0.2) is 12.4 Å². The second-order valence-electron chi connectivity index (χ2n) is 11.5. The van der Waals surface area contributed by atoms with E-state index in [1.165, 1.54) is 70.6 Å². The standard InChI is InChI=1S/C37H52O3/c1-4-6-7-8-9-10-11-12-13-14-15-16-26-39-34-24-25-35-33(28-34)18-17-19-37(35)40-29-31-20-22-32(23-21-31)36(38)27-30(3)5-2/h17-25,28,30H,4-16,26-27,29H2,1-3H3/t30-/m1/s1. The quantitative estimate of drug-likeness (QED) is 0.0988. The Labute approximate surface area is 243 Å². The molecule has 40 heavy (non-hydrogen) atoms. The van der Waals surface area contributed by atoms with Gasteiger partial charge in [0.15, 0.2) is 5.78 Å².